The van der Waals surface area contributed by atoms with Gasteiger partial charge in [-0.2, -0.15) is 0 Å². The number of ether oxygens (including phenoxy) is 1. The Balaban J connectivity index is 1.82. The van der Waals surface area contributed by atoms with Crippen molar-refractivity contribution in [1.82, 2.24) is 9.97 Å². The Hall–Kier alpha value is -1.69. The summed E-state index contributed by atoms with van der Waals surface area (Å²) in [6, 6.07) is 9.84. The topological polar surface area (TPSA) is 58.5 Å². The molecule has 0 bridgehead atoms. The van der Waals surface area contributed by atoms with Gasteiger partial charge in [0.15, 0.2) is 0 Å². The summed E-state index contributed by atoms with van der Waals surface area (Å²) in [5.41, 5.74) is 2.06. The number of halogens is 1. The SMILES string of the molecule is OCCCN(Cc1ccccc1Cl)c1cc([C@H]2CCOC2)ncn1. The van der Waals surface area contributed by atoms with E-state index in [9.17, 15) is 5.11 Å². The van der Waals surface area contributed by atoms with Gasteiger partial charge in [0, 0.05) is 43.3 Å². The first-order chi connectivity index (χ1) is 11.8. The van der Waals surface area contributed by atoms with Crippen molar-refractivity contribution in [2.24, 2.45) is 0 Å². The Morgan fingerprint density at radius 3 is 2.92 bits per heavy atom. The molecule has 24 heavy (non-hydrogen) atoms. The zero-order valence-corrected chi connectivity index (χ0v) is 14.3. The Labute approximate surface area is 147 Å². The van der Waals surface area contributed by atoms with E-state index in [-0.39, 0.29) is 6.61 Å². The van der Waals surface area contributed by atoms with Crippen LogP contribution in [0.4, 0.5) is 5.82 Å². The summed E-state index contributed by atoms with van der Waals surface area (Å²) in [6.07, 6.45) is 3.29. The first-order valence-corrected chi connectivity index (χ1v) is 8.64. The number of hydrogen-bond acceptors (Lipinski definition) is 5. The van der Waals surface area contributed by atoms with Gasteiger partial charge in [0.1, 0.15) is 12.1 Å². The fourth-order valence-electron chi connectivity index (χ4n) is 2.89. The molecule has 0 radical (unpaired) electrons. The van der Waals surface area contributed by atoms with Gasteiger partial charge in [0.2, 0.25) is 0 Å². The molecule has 6 heteroatoms. The molecule has 0 aliphatic carbocycles. The van der Waals surface area contributed by atoms with Crippen molar-refractivity contribution in [2.75, 3.05) is 31.3 Å². The van der Waals surface area contributed by atoms with Crippen LogP contribution in [-0.4, -0.2) is 41.4 Å². The second kappa shape index (κ2) is 8.42. The van der Waals surface area contributed by atoms with Gasteiger partial charge >= 0.3 is 0 Å². The molecule has 1 aromatic carbocycles. The molecule has 128 valence electrons. The van der Waals surface area contributed by atoms with Crippen molar-refractivity contribution >= 4 is 17.4 Å². The number of aromatic nitrogens is 2. The summed E-state index contributed by atoms with van der Waals surface area (Å²) < 4.78 is 5.46. The molecule has 2 aromatic rings. The molecule has 5 nitrogen and oxygen atoms in total. The standard InChI is InChI=1S/C18H22ClN3O2/c19-16-5-2-1-4-14(16)11-22(7-3-8-23)18-10-17(20-13-21-18)15-6-9-24-12-15/h1-2,4-5,10,13,15,23H,3,6-9,11-12H2/t15-/m0/s1. The fourth-order valence-corrected chi connectivity index (χ4v) is 3.09. The maximum Gasteiger partial charge on any atom is 0.132 e. The van der Waals surface area contributed by atoms with Gasteiger partial charge in [0.05, 0.1) is 12.3 Å². The summed E-state index contributed by atoms with van der Waals surface area (Å²) in [5, 5.41) is 9.95. The second-order valence-corrected chi connectivity index (χ2v) is 6.36. The lowest BCUT2D eigenvalue weighted by Gasteiger charge is -2.24. The Morgan fingerprint density at radius 2 is 2.17 bits per heavy atom. The fraction of sp³-hybridized carbons (Fsp3) is 0.444. The molecule has 1 atom stereocenters. The zero-order valence-electron chi connectivity index (χ0n) is 13.6. The highest BCUT2D eigenvalue weighted by atomic mass is 35.5. The summed E-state index contributed by atoms with van der Waals surface area (Å²) in [6.45, 7) is 3.01. The van der Waals surface area contributed by atoms with E-state index in [1.807, 2.05) is 30.3 Å². The van der Waals surface area contributed by atoms with E-state index in [1.165, 1.54) is 0 Å². The molecular weight excluding hydrogens is 326 g/mol. The molecule has 1 fully saturated rings. The highest BCUT2D eigenvalue weighted by Crippen LogP contribution is 2.26. The minimum Gasteiger partial charge on any atom is -0.396 e. The van der Waals surface area contributed by atoms with Crippen molar-refractivity contribution < 1.29 is 9.84 Å². The molecule has 0 spiro atoms. The Bertz CT molecular complexity index is 662. The first-order valence-electron chi connectivity index (χ1n) is 8.27. The van der Waals surface area contributed by atoms with E-state index in [0.717, 1.165) is 41.7 Å². The number of rotatable bonds is 7. The maximum atomic E-state index is 9.21. The molecule has 0 unspecified atom stereocenters. The molecule has 1 aliphatic rings. The zero-order chi connectivity index (χ0) is 16.8. The van der Waals surface area contributed by atoms with Gasteiger partial charge in [-0.15, -0.1) is 0 Å². The molecule has 2 heterocycles. The number of nitrogens with zero attached hydrogens (tertiary/aromatic N) is 3. The van der Waals surface area contributed by atoms with E-state index >= 15 is 0 Å². The highest BCUT2D eigenvalue weighted by molar-refractivity contribution is 6.31. The maximum absolute atomic E-state index is 9.21. The number of aliphatic hydroxyl groups excluding tert-OH is 1. The first kappa shape index (κ1) is 17.1. The number of benzene rings is 1. The molecule has 1 aromatic heterocycles. The average molecular weight is 348 g/mol. The summed E-state index contributed by atoms with van der Waals surface area (Å²) >= 11 is 6.30. The van der Waals surface area contributed by atoms with E-state index in [2.05, 4.69) is 14.9 Å². The van der Waals surface area contributed by atoms with Gasteiger partial charge < -0.3 is 14.7 Å². The lowest BCUT2D eigenvalue weighted by atomic mass is 10.0. The predicted molar refractivity (Wildman–Crippen MR) is 94.4 cm³/mol. The summed E-state index contributed by atoms with van der Waals surface area (Å²) in [7, 11) is 0. The molecule has 1 N–H and O–H groups in total. The minimum atomic E-state index is 0.146. The van der Waals surface area contributed by atoms with Crippen LogP contribution in [0.5, 0.6) is 0 Å². The Kier molecular flexibility index (Phi) is 6.01. The lowest BCUT2D eigenvalue weighted by molar-refractivity contribution is 0.193. The normalized spacial score (nSPS) is 17.2. The third-order valence-corrected chi connectivity index (χ3v) is 4.62. The van der Waals surface area contributed by atoms with Crippen molar-refractivity contribution in [3.63, 3.8) is 0 Å². The summed E-state index contributed by atoms with van der Waals surface area (Å²) in [5.74, 6) is 1.20. The number of anilines is 1. The van der Waals surface area contributed by atoms with E-state index in [4.69, 9.17) is 16.3 Å². The van der Waals surface area contributed by atoms with Crippen LogP contribution in [0, 0.1) is 0 Å². The molecule has 1 aliphatic heterocycles. The van der Waals surface area contributed by atoms with Gasteiger partial charge in [-0.05, 0) is 24.5 Å². The Morgan fingerprint density at radius 1 is 1.29 bits per heavy atom. The molecule has 3 rings (SSSR count). The highest BCUT2D eigenvalue weighted by Gasteiger charge is 2.20. The van der Waals surface area contributed by atoms with Crippen LogP contribution in [0.3, 0.4) is 0 Å². The monoisotopic (exact) mass is 347 g/mol. The number of hydrogen-bond donors (Lipinski definition) is 1. The lowest BCUT2D eigenvalue weighted by Crippen LogP contribution is -2.26. The van der Waals surface area contributed by atoms with Crippen LogP contribution in [-0.2, 0) is 11.3 Å². The van der Waals surface area contributed by atoms with E-state index in [0.29, 0.717) is 25.4 Å². The van der Waals surface area contributed by atoms with Gasteiger partial charge in [-0.25, -0.2) is 9.97 Å². The van der Waals surface area contributed by atoms with Crippen molar-refractivity contribution in [3.8, 4) is 0 Å². The summed E-state index contributed by atoms with van der Waals surface area (Å²) in [4.78, 5) is 11.0. The van der Waals surface area contributed by atoms with Crippen LogP contribution in [0.15, 0.2) is 36.7 Å². The quantitative estimate of drug-likeness (QED) is 0.834. The van der Waals surface area contributed by atoms with Crippen molar-refractivity contribution in [3.05, 3.63) is 52.9 Å². The third kappa shape index (κ3) is 4.23. The number of aliphatic hydroxyl groups is 1. The molecule has 1 saturated heterocycles. The van der Waals surface area contributed by atoms with Crippen LogP contribution in [0.25, 0.3) is 0 Å². The van der Waals surface area contributed by atoms with Crippen LogP contribution in [0.1, 0.15) is 30.0 Å². The largest absolute Gasteiger partial charge is 0.396 e. The van der Waals surface area contributed by atoms with Gasteiger partial charge in [0.25, 0.3) is 0 Å². The van der Waals surface area contributed by atoms with Crippen LogP contribution in [0.2, 0.25) is 5.02 Å². The second-order valence-electron chi connectivity index (χ2n) is 5.95. The molecule has 0 saturated carbocycles. The van der Waals surface area contributed by atoms with Gasteiger partial charge in [-0.1, -0.05) is 29.8 Å². The molecular formula is C18H22ClN3O2. The third-order valence-electron chi connectivity index (χ3n) is 4.25. The predicted octanol–water partition coefficient (Wildman–Crippen LogP) is 3.02. The van der Waals surface area contributed by atoms with E-state index in [1.54, 1.807) is 6.33 Å². The van der Waals surface area contributed by atoms with Crippen molar-refractivity contribution in [2.45, 2.75) is 25.3 Å². The van der Waals surface area contributed by atoms with Crippen LogP contribution < -0.4 is 4.90 Å². The van der Waals surface area contributed by atoms with Crippen molar-refractivity contribution in [1.29, 1.82) is 0 Å². The molecule has 0 amide bonds. The van der Waals surface area contributed by atoms with Gasteiger partial charge in [-0.3, -0.25) is 0 Å². The van der Waals surface area contributed by atoms with Crippen LogP contribution >= 0.6 is 11.6 Å². The smallest absolute Gasteiger partial charge is 0.132 e. The average Bonchev–Trinajstić information content (AvgIpc) is 3.15. The minimum absolute atomic E-state index is 0.146. The van der Waals surface area contributed by atoms with E-state index < -0.39 is 0 Å².